The maximum atomic E-state index is 4.74. The summed E-state index contributed by atoms with van der Waals surface area (Å²) in [5.74, 6) is 0. The number of hydrogen-bond donors (Lipinski definition) is 2. The van der Waals surface area contributed by atoms with Gasteiger partial charge in [-0.3, -0.25) is 4.98 Å². The summed E-state index contributed by atoms with van der Waals surface area (Å²) in [6.07, 6.45) is 10.2. The van der Waals surface area contributed by atoms with Crippen LogP contribution in [0.25, 0.3) is 10.2 Å². The van der Waals surface area contributed by atoms with Gasteiger partial charge in [-0.2, -0.15) is 0 Å². The van der Waals surface area contributed by atoms with Gasteiger partial charge in [0, 0.05) is 30.7 Å². The highest BCUT2D eigenvalue weighted by molar-refractivity contribution is 7.22. The van der Waals surface area contributed by atoms with Crippen molar-refractivity contribution in [3.8, 4) is 0 Å². The second-order valence-electron chi connectivity index (χ2n) is 6.39. The van der Waals surface area contributed by atoms with Crippen LogP contribution < -0.4 is 10.6 Å². The van der Waals surface area contributed by atoms with E-state index >= 15 is 0 Å². The number of benzene rings is 1. The maximum absolute atomic E-state index is 4.74. The molecule has 0 aliphatic heterocycles. The average molecular weight is 338 g/mol. The average Bonchev–Trinajstić information content (AvgIpc) is 3.03. The fourth-order valence-electron chi connectivity index (χ4n) is 3.24. The van der Waals surface area contributed by atoms with Gasteiger partial charge in [-0.25, -0.2) is 4.98 Å². The SMILES string of the molecule is c1cc(NCc2ccc3nc(NC4CCCCC4)sc3c2)ccn1. The van der Waals surface area contributed by atoms with Gasteiger partial charge in [0.1, 0.15) is 0 Å². The lowest BCUT2D eigenvalue weighted by molar-refractivity contribution is 0.462. The summed E-state index contributed by atoms with van der Waals surface area (Å²) in [6.45, 7) is 0.809. The molecule has 1 fully saturated rings. The molecule has 0 spiro atoms. The molecule has 3 aromatic rings. The Balaban J connectivity index is 1.44. The molecule has 0 bridgehead atoms. The minimum atomic E-state index is 0.604. The van der Waals surface area contributed by atoms with Gasteiger partial charge >= 0.3 is 0 Å². The summed E-state index contributed by atoms with van der Waals surface area (Å²) < 4.78 is 1.25. The normalized spacial score (nSPS) is 15.5. The monoisotopic (exact) mass is 338 g/mol. The Labute approximate surface area is 146 Å². The molecule has 1 aliphatic rings. The van der Waals surface area contributed by atoms with Crippen LogP contribution in [0.15, 0.2) is 42.7 Å². The summed E-state index contributed by atoms with van der Waals surface area (Å²) in [7, 11) is 0. The molecule has 24 heavy (non-hydrogen) atoms. The number of anilines is 2. The van der Waals surface area contributed by atoms with E-state index in [2.05, 4.69) is 33.8 Å². The van der Waals surface area contributed by atoms with Crippen molar-refractivity contribution in [1.82, 2.24) is 9.97 Å². The van der Waals surface area contributed by atoms with E-state index in [1.165, 1.54) is 42.4 Å². The number of aromatic nitrogens is 2. The van der Waals surface area contributed by atoms with Gasteiger partial charge in [-0.1, -0.05) is 36.7 Å². The van der Waals surface area contributed by atoms with Crippen molar-refractivity contribution in [3.05, 3.63) is 48.3 Å². The molecule has 1 aromatic carbocycles. The van der Waals surface area contributed by atoms with Crippen LogP contribution >= 0.6 is 11.3 Å². The number of fused-ring (bicyclic) bond motifs is 1. The van der Waals surface area contributed by atoms with Crippen LogP contribution in [0, 0.1) is 0 Å². The molecule has 1 aliphatic carbocycles. The standard InChI is InChI=1S/C19H22N4S/c1-2-4-16(5-3-1)22-19-23-17-7-6-14(12-18(17)24-19)13-21-15-8-10-20-11-9-15/h6-12,16H,1-5,13H2,(H,20,21)(H,22,23). The number of nitrogens with zero attached hydrogens (tertiary/aromatic N) is 2. The fourth-order valence-corrected chi connectivity index (χ4v) is 4.24. The van der Waals surface area contributed by atoms with Gasteiger partial charge in [0.15, 0.2) is 5.13 Å². The topological polar surface area (TPSA) is 49.8 Å². The highest BCUT2D eigenvalue weighted by Crippen LogP contribution is 2.29. The van der Waals surface area contributed by atoms with Gasteiger partial charge in [0.25, 0.3) is 0 Å². The van der Waals surface area contributed by atoms with E-state index in [0.29, 0.717) is 6.04 Å². The van der Waals surface area contributed by atoms with E-state index in [0.717, 1.165) is 22.9 Å². The summed E-state index contributed by atoms with van der Waals surface area (Å²) in [4.78, 5) is 8.78. The minimum absolute atomic E-state index is 0.604. The Morgan fingerprint density at radius 2 is 1.88 bits per heavy atom. The first kappa shape index (κ1) is 15.4. The molecule has 0 unspecified atom stereocenters. The van der Waals surface area contributed by atoms with Crippen LogP contribution in [0.4, 0.5) is 10.8 Å². The van der Waals surface area contributed by atoms with Crippen molar-refractivity contribution < 1.29 is 0 Å². The molecular formula is C19H22N4S. The Bertz CT molecular complexity index is 793. The first-order chi connectivity index (χ1) is 11.9. The number of pyridine rings is 1. The van der Waals surface area contributed by atoms with Gasteiger partial charge in [0.05, 0.1) is 10.2 Å². The van der Waals surface area contributed by atoms with Crippen LogP contribution in [-0.4, -0.2) is 16.0 Å². The molecule has 1 saturated carbocycles. The van der Waals surface area contributed by atoms with Crippen molar-refractivity contribution in [2.24, 2.45) is 0 Å². The van der Waals surface area contributed by atoms with Crippen molar-refractivity contribution in [2.75, 3.05) is 10.6 Å². The van der Waals surface area contributed by atoms with E-state index in [9.17, 15) is 0 Å². The van der Waals surface area contributed by atoms with Crippen LogP contribution in [0.2, 0.25) is 0 Å². The van der Waals surface area contributed by atoms with Crippen molar-refractivity contribution >= 4 is 32.4 Å². The van der Waals surface area contributed by atoms with E-state index < -0.39 is 0 Å². The summed E-state index contributed by atoms with van der Waals surface area (Å²) in [6, 6.07) is 11.1. The molecule has 0 amide bonds. The van der Waals surface area contributed by atoms with Gasteiger partial charge in [0.2, 0.25) is 0 Å². The van der Waals surface area contributed by atoms with Crippen molar-refractivity contribution in [2.45, 2.75) is 44.7 Å². The second kappa shape index (κ2) is 7.18. The fraction of sp³-hybridized carbons (Fsp3) is 0.368. The zero-order valence-electron chi connectivity index (χ0n) is 13.7. The number of hydrogen-bond acceptors (Lipinski definition) is 5. The Morgan fingerprint density at radius 1 is 1.04 bits per heavy atom. The molecule has 2 N–H and O–H groups in total. The van der Waals surface area contributed by atoms with Crippen LogP contribution in [0.3, 0.4) is 0 Å². The first-order valence-electron chi connectivity index (χ1n) is 8.67. The van der Waals surface area contributed by atoms with E-state index in [-0.39, 0.29) is 0 Å². The molecule has 2 heterocycles. The third kappa shape index (κ3) is 3.67. The molecule has 5 heteroatoms. The quantitative estimate of drug-likeness (QED) is 0.683. The third-order valence-corrected chi connectivity index (χ3v) is 5.51. The van der Waals surface area contributed by atoms with Crippen LogP contribution in [-0.2, 0) is 6.54 Å². The lowest BCUT2D eigenvalue weighted by Crippen LogP contribution is -2.21. The molecule has 124 valence electrons. The van der Waals surface area contributed by atoms with E-state index in [4.69, 9.17) is 4.98 Å². The van der Waals surface area contributed by atoms with Crippen LogP contribution in [0.1, 0.15) is 37.7 Å². The Kier molecular flexibility index (Phi) is 4.60. The molecule has 4 nitrogen and oxygen atoms in total. The zero-order chi connectivity index (χ0) is 16.2. The lowest BCUT2D eigenvalue weighted by atomic mass is 9.96. The highest BCUT2D eigenvalue weighted by Gasteiger charge is 2.14. The number of nitrogens with one attached hydrogen (secondary N) is 2. The Morgan fingerprint density at radius 3 is 2.71 bits per heavy atom. The molecule has 4 rings (SSSR count). The molecule has 0 radical (unpaired) electrons. The first-order valence-corrected chi connectivity index (χ1v) is 9.48. The molecule has 0 saturated heterocycles. The highest BCUT2D eigenvalue weighted by atomic mass is 32.1. The maximum Gasteiger partial charge on any atom is 0.184 e. The van der Waals surface area contributed by atoms with Crippen molar-refractivity contribution in [1.29, 1.82) is 0 Å². The smallest absolute Gasteiger partial charge is 0.184 e. The van der Waals surface area contributed by atoms with E-state index in [1.807, 2.05) is 12.1 Å². The lowest BCUT2D eigenvalue weighted by Gasteiger charge is -2.22. The summed E-state index contributed by atoms with van der Waals surface area (Å²) >= 11 is 1.77. The molecular weight excluding hydrogens is 316 g/mol. The van der Waals surface area contributed by atoms with Gasteiger partial charge in [-0.15, -0.1) is 0 Å². The van der Waals surface area contributed by atoms with Gasteiger partial charge < -0.3 is 10.6 Å². The minimum Gasteiger partial charge on any atom is -0.381 e. The van der Waals surface area contributed by atoms with E-state index in [1.54, 1.807) is 23.7 Å². The third-order valence-electron chi connectivity index (χ3n) is 4.56. The molecule has 2 aromatic heterocycles. The zero-order valence-corrected chi connectivity index (χ0v) is 14.5. The predicted octanol–water partition coefficient (Wildman–Crippen LogP) is 5.05. The Hall–Kier alpha value is -2.14. The largest absolute Gasteiger partial charge is 0.381 e. The predicted molar refractivity (Wildman–Crippen MR) is 102 cm³/mol. The summed E-state index contributed by atoms with van der Waals surface area (Å²) in [5, 5.41) is 8.13. The molecule has 0 atom stereocenters. The number of thiazole rings is 1. The van der Waals surface area contributed by atoms with Gasteiger partial charge in [-0.05, 0) is 42.7 Å². The second-order valence-corrected chi connectivity index (χ2v) is 7.42. The van der Waals surface area contributed by atoms with Crippen LogP contribution in [0.5, 0.6) is 0 Å². The van der Waals surface area contributed by atoms with Crippen molar-refractivity contribution in [3.63, 3.8) is 0 Å². The number of rotatable bonds is 5. The summed E-state index contributed by atoms with van der Waals surface area (Å²) in [5.41, 5.74) is 3.45.